The fourth-order valence-electron chi connectivity index (χ4n) is 1.31. The van der Waals surface area contributed by atoms with Crippen LogP contribution in [0.2, 0.25) is 0 Å². The van der Waals surface area contributed by atoms with Gasteiger partial charge in [0.05, 0.1) is 24.7 Å². The minimum Gasteiger partial charge on any atom is -0.382 e. The number of methoxy groups -OCH3 is 2. The number of hydrogen-bond acceptors (Lipinski definition) is 4. The third-order valence-electron chi connectivity index (χ3n) is 2.28. The van der Waals surface area contributed by atoms with Crippen LogP contribution in [0.3, 0.4) is 0 Å². The van der Waals surface area contributed by atoms with Crippen molar-refractivity contribution in [1.82, 2.24) is 15.3 Å². The van der Waals surface area contributed by atoms with Crippen LogP contribution in [0.25, 0.3) is 0 Å². The number of rotatable bonds is 7. The van der Waals surface area contributed by atoms with Crippen LogP contribution in [-0.2, 0) is 16.0 Å². The Morgan fingerprint density at radius 3 is 2.87 bits per heavy atom. The zero-order chi connectivity index (χ0) is 11.1. The van der Waals surface area contributed by atoms with E-state index in [1.54, 1.807) is 20.5 Å². The first-order chi connectivity index (χ1) is 7.27. The molecule has 1 rings (SSSR count). The highest BCUT2D eigenvalue weighted by atomic mass is 16.5. The Labute approximate surface area is 90.2 Å². The quantitative estimate of drug-likeness (QED) is 0.691. The van der Waals surface area contributed by atoms with Gasteiger partial charge >= 0.3 is 0 Å². The maximum atomic E-state index is 5.22. The van der Waals surface area contributed by atoms with Crippen molar-refractivity contribution in [3.63, 3.8) is 0 Å². The molecule has 0 aliphatic carbocycles. The molecular formula is C10H19N3O2. The van der Waals surface area contributed by atoms with Crippen molar-refractivity contribution in [3.8, 4) is 0 Å². The molecule has 0 bridgehead atoms. The van der Waals surface area contributed by atoms with Gasteiger partial charge in [-0.2, -0.15) is 0 Å². The SMILES string of the molecule is COCC(CNCc1nc[nH]c1C)OC. The lowest BCUT2D eigenvalue weighted by atomic mass is 10.3. The minimum absolute atomic E-state index is 0.0919. The number of nitrogens with zero attached hydrogens (tertiary/aromatic N) is 1. The highest BCUT2D eigenvalue weighted by Gasteiger charge is 2.06. The minimum atomic E-state index is 0.0919. The van der Waals surface area contributed by atoms with Gasteiger partial charge in [-0.1, -0.05) is 0 Å². The lowest BCUT2D eigenvalue weighted by molar-refractivity contribution is 0.0287. The third-order valence-corrected chi connectivity index (χ3v) is 2.28. The molecule has 0 aliphatic heterocycles. The van der Waals surface area contributed by atoms with Gasteiger partial charge in [0.2, 0.25) is 0 Å². The number of nitrogens with one attached hydrogen (secondary N) is 2. The van der Waals surface area contributed by atoms with E-state index in [1.165, 1.54) is 0 Å². The third kappa shape index (κ3) is 3.99. The Kier molecular flexibility index (Phi) is 5.31. The zero-order valence-electron chi connectivity index (χ0n) is 9.54. The molecule has 0 saturated heterocycles. The van der Waals surface area contributed by atoms with E-state index in [2.05, 4.69) is 15.3 Å². The van der Waals surface area contributed by atoms with Gasteiger partial charge in [-0.25, -0.2) is 4.98 Å². The topological polar surface area (TPSA) is 59.2 Å². The number of aryl methyl sites for hydroxylation is 1. The van der Waals surface area contributed by atoms with E-state index in [1.807, 2.05) is 6.92 Å². The van der Waals surface area contributed by atoms with Gasteiger partial charge < -0.3 is 19.8 Å². The fraction of sp³-hybridized carbons (Fsp3) is 0.700. The first-order valence-electron chi connectivity index (χ1n) is 4.99. The summed E-state index contributed by atoms with van der Waals surface area (Å²) in [6, 6.07) is 0. The van der Waals surface area contributed by atoms with E-state index in [4.69, 9.17) is 9.47 Å². The normalized spacial score (nSPS) is 13.0. The van der Waals surface area contributed by atoms with Crippen LogP contribution in [0.1, 0.15) is 11.4 Å². The molecular weight excluding hydrogens is 194 g/mol. The van der Waals surface area contributed by atoms with Gasteiger partial charge in [0, 0.05) is 33.0 Å². The molecule has 0 aliphatic rings. The summed E-state index contributed by atoms with van der Waals surface area (Å²) in [7, 11) is 3.36. The summed E-state index contributed by atoms with van der Waals surface area (Å²) in [6.45, 7) is 4.12. The number of aromatic amines is 1. The van der Waals surface area contributed by atoms with Crippen LogP contribution >= 0.6 is 0 Å². The van der Waals surface area contributed by atoms with Crippen molar-refractivity contribution < 1.29 is 9.47 Å². The van der Waals surface area contributed by atoms with E-state index in [-0.39, 0.29) is 6.10 Å². The van der Waals surface area contributed by atoms with Crippen molar-refractivity contribution in [2.75, 3.05) is 27.4 Å². The molecule has 0 amide bonds. The number of aromatic nitrogens is 2. The van der Waals surface area contributed by atoms with Gasteiger partial charge in [-0.3, -0.25) is 0 Å². The summed E-state index contributed by atoms with van der Waals surface area (Å²) in [5.41, 5.74) is 2.14. The maximum Gasteiger partial charge on any atom is 0.0928 e. The maximum absolute atomic E-state index is 5.22. The summed E-state index contributed by atoms with van der Waals surface area (Å²) in [5, 5.41) is 3.28. The molecule has 5 nitrogen and oxygen atoms in total. The molecule has 0 saturated carbocycles. The van der Waals surface area contributed by atoms with Crippen LogP contribution < -0.4 is 5.32 Å². The zero-order valence-corrected chi connectivity index (χ0v) is 9.54. The van der Waals surface area contributed by atoms with E-state index in [9.17, 15) is 0 Å². The van der Waals surface area contributed by atoms with Crippen molar-refractivity contribution in [3.05, 3.63) is 17.7 Å². The van der Waals surface area contributed by atoms with Gasteiger partial charge in [0.15, 0.2) is 0 Å². The Morgan fingerprint density at radius 2 is 2.33 bits per heavy atom. The summed E-state index contributed by atoms with van der Waals surface area (Å²) >= 11 is 0. The first kappa shape index (κ1) is 12.2. The van der Waals surface area contributed by atoms with Crippen LogP contribution in [0, 0.1) is 6.92 Å². The summed E-state index contributed by atoms with van der Waals surface area (Å²) in [4.78, 5) is 7.23. The van der Waals surface area contributed by atoms with E-state index >= 15 is 0 Å². The van der Waals surface area contributed by atoms with Gasteiger partial charge in [-0.05, 0) is 6.92 Å². The number of H-pyrrole nitrogens is 1. The number of imidazole rings is 1. The van der Waals surface area contributed by atoms with Crippen molar-refractivity contribution in [2.45, 2.75) is 19.6 Å². The van der Waals surface area contributed by atoms with Gasteiger partial charge in [0.25, 0.3) is 0 Å². The molecule has 2 N–H and O–H groups in total. The van der Waals surface area contributed by atoms with E-state index in [0.717, 1.165) is 24.5 Å². The number of ether oxygens (including phenoxy) is 2. The second-order valence-corrected chi connectivity index (χ2v) is 3.42. The van der Waals surface area contributed by atoms with Gasteiger partial charge in [-0.15, -0.1) is 0 Å². The second kappa shape index (κ2) is 6.55. The average Bonchev–Trinajstić information content (AvgIpc) is 2.63. The average molecular weight is 213 g/mol. The van der Waals surface area contributed by atoms with Gasteiger partial charge in [0.1, 0.15) is 0 Å². The summed E-state index contributed by atoms with van der Waals surface area (Å²) in [5.74, 6) is 0. The molecule has 1 atom stereocenters. The smallest absolute Gasteiger partial charge is 0.0928 e. The van der Waals surface area contributed by atoms with Crippen molar-refractivity contribution in [1.29, 1.82) is 0 Å². The molecule has 15 heavy (non-hydrogen) atoms. The highest BCUT2D eigenvalue weighted by molar-refractivity contribution is 5.07. The first-order valence-corrected chi connectivity index (χ1v) is 4.99. The second-order valence-electron chi connectivity index (χ2n) is 3.42. The lowest BCUT2D eigenvalue weighted by Crippen LogP contribution is -2.31. The number of hydrogen-bond donors (Lipinski definition) is 2. The van der Waals surface area contributed by atoms with Crippen LogP contribution in [0.4, 0.5) is 0 Å². The molecule has 0 spiro atoms. The Bertz CT molecular complexity index is 275. The Morgan fingerprint density at radius 1 is 1.53 bits per heavy atom. The monoisotopic (exact) mass is 213 g/mol. The molecule has 5 heteroatoms. The Hall–Kier alpha value is -0.910. The summed E-state index contributed by atoms with van der Waals surface area (Å²) in [6.07, 6.45) is 1.80. The van der Waals surface area contributed by atoms with Crippen molar-refractivity contribution in [2.24, 2.45) is 0 Å². The van der Waals surface area contributed by atoms with Crippen LogP contribution in [0.15, 0.2) is 6.33 Å². The molecule has 1 aromatic rings. The van der Waals surface area contributed by atoms with Crippen LogP contribution in [0.5, 0.6) is 0 Å². The molecule has 0 radical (unpaired) electrons. The van der Waals surface area contributed by atoms with E-state index < -0.39 is 0 Å². The molecule has 1 unspecified atom stereocenters. The molecule has 0 aromatic carbocycles. The lowest BCUT2D eigenvalue weighted by Gasteiger charge is -2.14. The van der Waals surface area contributed by atoms with Crippen molar-refractivity contribution >= 4 is 0 Å². The fourth-order valence-corrected chi connectivity index (χ4v) is 1.31. The summed E-state index contributed by atoms with van der Waals surface area (Å²) < 4.78 is 10.2. The standard InChI is InChI=1S/C10H19N3O2/c1-8-10(13-7-12-8)5-11-4-9(15-3)6-14-2/h7,9,11H,4-6H2,1-3H3,(H,12,13). The Balaban J connectivity index is 2.23. The predicted octanol–water partition coefficient (Wildman–Crippen LogP) is 0.469. The molecule has 86 valence electrons. The molecule has 1 heterocycles. The predicted molar refractivity (Wildman–Crippen MR) is 57.7 cm³/mol. The highest BCUT2D eigenvalue weighted by Crippen LogP contribution is 1.99. The van der Waals surface area contributed by atoms with E-state index in [0.29, 0.717) is 6.61 Å². The molecule has 1 aromatic heterocycles. The largest absolute Gasteiger partial charge is 0.382 e. The molecule has 0 fully saturated rings. The van der Waals surface area contributed by atoms with Crippen LogP contribution in [-0.4, -0.2) is 43.4 Å².